The quantitative estimate of drug-likeness (QED) is 0.811. The molecule has 0 atom stereocenters. The fraction of sp³-hybridized carbons (Fsp3) is 0.625. The third-order valence-electron chi connectivity index (χ3n) is 3.81. The molecule has 0 aromatic heterocycles. The van der Waals surface area contributed by atoms with Gasteiger partial charge in [0.2, 0.25) is 0 Å². The Bertz CT molecular complexity index is 420. The molecule has 2 rings (SSSR count). The van der Waals surface area contributed by atoms with Gasteiger partial charge >= 0.3 is 6.03 Å². The molecule has 0 aromatic rings. The molecule has 0 aromatic carbocycles. The monoisotopic (exact) mass is 292 g/mol. The molecule has 2 aliphatic heterocycles. The normalized spacial score (nSPS) is 21.1. The molecule has 5 nitrogen and oxygen atoms in total. The molecule has 21 heavy (non-hydrogen) atoms. The number of nitrogens with one attached hydrogen (secondary N) is 1. The van der Waals surface area contributed by atoms with Gasteiger partial charge in [0.15, 0.2) is 0 Å². The molecule has 0 unspecified atom stereocenters. The van der Waals surface area contributed by atoms with E-state index in [0.29, 0.717) is 12.6 Å². The topological polar surface area (TPSA) is 47.9 Å². The summed E-state index contributed by atoms with van der Waals surface area (Å²) in [6.45, 7) is 10.5. The molecule has 1 saturated heterocycles. The third kappa shape index (κ3) is 4.43. The number of rotatable bonds is 3. The highest BCUT2D eigenvalue weighted by molar-refractivity contribution is 5.88. The Hall–Kier alpha value is -1.62. The van der Waals surface area contributed by atoms with Crippen LogP contribution in [0.2, 0.25) is 0 Å². The van der Waals surface area contributed by atoms with Gasteiger partial charge in [0.05, 0.1) is 6.54 Å². The molecular formula is C16H28N4O. The minimum Gasteiger partial charge on any atom is -0.317 e. The van der Waals surface area contributed by atoms with Crippen LogP contribution in [0.3, 0.4) is 0 Å². The van der Waals surface area contributed by atoms with Gasteiger partial charge in [0.25, 0.3) is 0 Å². The molecule has 2 heterocycles. The first-order chi connectivity index (χ1) is 10.2. The third-order valence-corrected chi connectivity index (χ3v) is 3.81. The van der Waals surface area contributed by atoms with Crippen molar-refractivity contribution in [2.45, 2.75) is 32.7 Å². The molecule has 1 N–H and O–H groups in total. The first kappa shape index (κ1) is 17.4. The molecule has 0 spiro atoms. The van der Waals surface area contributed by atoms with Crippen LogP contribution in [-0.4, -0.2) is 61.8 Å². The van der Waals surface area contributed by atoms with Crippen molar-refractivity contribution >= 4 is 12.2 Å². The van der Waals surface area contributed by atoms with Crippen molar-refractivity contribution in [2.75, 3.05) is 33.7 Å². The number of hydrogen-bond donors (Lipinski definition) is 1. The van der Waals surface area contributed by atoms with Crippen LogP contribution in [0, 0.1) is 0 Å². The lowest BCUT2D eigenvalue weighted by molar-refractivity contribution is 0.137. The molecular weight excluding hydrogens is 264 g/mol. The van der Waals surface area contributed by atoms with Crippen molar-refractivity contribution < 1.29 is 4.79 Å². The maximum absolute atomic E-state index is 12.2. The van der Waals surface area contributed by atoms with Gasteiger partial charge in [-0.2, -0.15) is 0 Å². The molecule has 2 amide bonds. The van der Waals surface area contributed by atoms with E-state index in [4.69, 9.17) is 0 Å². The van der Waals surface area contributed by atoms with Crippen LogP contribution in [0.5, 0.6) is 0 Å². The van der Waals surface area contributed by atoms with E-state index in [1.807, 2.05) is 18.7 Å². The van der Waals surface area contributed by atoms with Crippen LogP contribution >= 0.6 is 0 Å². The molecule has 0 bridgehead atoms. The maximum Gasteiger partial charge on any atom is 0.322 e. The lowest BCUT2D eigenvalue weighted by Gasteiger charge is -2.39. The van der Waals surface area contributed by atoms with E-state index in [1.165, 1.54) is 0 Å². The summed E-state index contributed by atoms with van der Waals surface area (Å²) in [7, 11) is 3.86. The highest BCUT2D eigenvalue weighted by atomic mass is 16.2. The zero-order valence-corrected chi connectivity index (χ0v) is 13.7. The van der Waals surface area contributed by atoms with Gasteiger partial charge in [-0.05, 0) is 39.1 Å². The zero-order chi connectivity index (χ0) is 15.8. The highest BCUT2D eigenvalue weighted by Gasteiger charge is 2.30. The second-order valence-electron chi connectivity index (χ2n) is 5.12. The number of amides is 2. The van der Waals surface area contributed by atoms with Crippen molar-refractivity contribution in [3.63, 3.8) is 0 Å². The molecule has 5 heteroatoms. The zero-order valence-electron chi connectivity index (χ0n) is 13.7. The van der Waals surface area contributed by atoms with Crippen molar-refractivity contribution in [2.24, 2.45) is 4.99 Å². The van der Waals surface area contributed by atoms with Crippen LogP contribution < -0.4 is 5.32 Å². The Morgan fingerprint density at radius 3 is 2.48 bits per heavy atom. The molecule has 1 fully saturated rings. The molecule has 2 aliphatic rings. The number of nitrogens with zero attached hydrogens (tertiary/aromatic N) is 3. The Kier molecular flexibility index (Phi) is 7.15. The summed E-state index contributed by atoms with van der Waals surface area (Å²) >= 11 is 0. The first-order valence-corrected chi connectivity index (χ1v) is 7.69. The summed E-state index contributed by atoms with van der Waals surface area (Å²) in [5.41, 5.74) is 1.80. The van der Waals surface area contributed by atoms with Crippen LogP contribution in [0.4, 0.5) is 4.79 Å². The number of allylic oxidation sites excluding steroid dienone is 1. The van der Waals surface area contributed by atoms with Crippen LogP contribution in [0.15, 0.2) is 28.9 Å². The number of urea groups is 1. The summed E-state index contributed by atoms with van der Waals surface area (Å²) in [5.74, 6) is 0. The number of carbonyl (C=O) groups is 1. The number of hydrogen-bond acceptors (Lipinski definition) is 3. The minimum atomic E-state index is -0.0160. The van der Waals surface area contributed by atoms with E-state index < -0.39 is 0 Å². The highest BCUT2D eigenvalue weighted by Crippen LogP contribution is 2.20. The Morgan fingerprint density at radius 2 is 1.95 bits per heavy atom. The Morgan fingerprint density at radius 1 is 1.33 bits per heavy atom. The Balaban J connectivity index is 0.00000106. The van der Waals surface area contributed by atoms with Crippen LogP contribution in [0.25, 0.3) is 0 Å². The summed E-state index contributed by atoms with van der Waals surface area (Å²) in [6, 6.07) is 0.306. The van der Waals surface area contributed by atoms with E-state index in [-0.39, 0.29) is 6.03 Å². The van der Waals surface area contributed by atoms with Crippen molar-refractivity contribution in [1.29, 1.82) is 0 Å². The first-order valence-electron chi connectivity index (χ1n) is 7.69. The summed E-state index contributed by atoms with van der Waals surface area (Å²) < 4.78 is 0. The smallest absolute Gasteiger partial charge is 0.317 e. The van der Waals surface area contributed by atoms with Gasteiger partial charge in [-0.25, -0.2) is 4.79 Å². The Labute approximate surface area is 128 Å². The minimum absolute atomic E-state index is 0.0160. The second kappa shape index (κ2) is 8.62. The standard InChI is InChI=1S/C14H22N4O.C2H6/c1-4-13-11(9-15-2)10-18(14(19)16-13)12-5-7-17(3)8-6-12;1-2/h4,9,12H,1,5-8,10H2,2-3H3,(H,16,19);1-2H3. The fourth-order valence-electron chi connectivity index (χ4n) is 2.66. The molecule has 0 aliphatic carbocycles. The molecule has 118 valence electrons. The lowest BCUT2D eigenvalue weighted by atomic mass is 10.0. The largest absolute Gasteiger partial charge is 0.322 e. The average molecular weight is 292 g/mol. The van der Waals surface area contributed by atoms with E-state index in [1.54, 1.807) is 19.3 Å². The predicted molar refractivity (Wildman–Crippen MR) is 88.7 cm³/mol. The van der Waals surface area contributed by atoms with E-state index >= 15 is 0 Å². The van der Waals surface area contributed by atoms with Crippen molar-refractivity contribution in [3.8, 4) is 0 Å². The number of likely N-dealkylation sites (tertiary alicyclic amines) is 1. The number of carbonyl (C=O) groups excluding carboxylic acids is 1. The summed E-state index contributed by atoms with van der Waals surface area (Å²) in [5, 5.41) is 2.90. The average Bonchev–Trinajstić information content (AvgIpc) is 2.52. The second-order valence-corrected chi connectivity index (χ2v) is 5.12. The van der Waals surface area contributed by atoms with Gasteiger partial charge < -0.3 is 15.1 Å². The van der Waals surface area contributed by atoms with Gasteiger partial charge in [0, 0.05) is 30.6 Å². The SMILES string of the molecule is C=CC1=C(C=NC)CN(C2CCN(C)CC2)C(=O)N1.CC. The number of piperidine rings is 1. The van der Waals surface area contributed by atoms with Crippen LogP contribution in [0.1, 0.15) is 26.7 Å². The fourth-order valence-corrected chi connectivity index (χ4v) is 2.66. The summed E-state index contributed by atoms with van der Waals surface area (Å²) in [6.07, 6.45) is 5.55. The number of aliphatic imine (C=N–C) groups is 1. The van der Waals surface area contributed by atoms with E-state index in [2.05, 4.69) is 28.8 Å². The molecule has 0 saturated carbocycles. The van der Waals surface area contributed by atoms with Gasteiger partial charge in [-0.3, -0.25) is 4.99 Å². The van der Waals surface area contributed by atoms with E-state index in [0.717, 1.165) is 37.2 Å². The predicted octanol–water partition coefficient (Wildman–Crippen LogP) is 2.27. The van der Waals surface area contributed by atoms with Gasteiger partial charge in [-0.1, -0.05) is 20.4 Å². The molecule has 0 radical (unpaired) electrons. The van der Waals surface area contributed by atoms with Gasteiger partial charge in [-0.15, -0.1) is 0 Å². The maximum atomic E-state index is 12.2. The van der Waals surface area contributed by atoms with Crippen molar-refractivity contribution in [1.82, 2.24) is 15.1 Å². The van der Waals surface area contributed by atoms with Gasteiger partial charge in [0.1, 0.15) is 0 Å². The van der Waals surface area contributed by atoms with E-state index in [9.17, 15) is 4.79 Å². The van der Waals surface area contributed by atoms with Crippen molar-refractivity contribution in [3.05, 3.63) is 23.9 Å². The van der Waals surface area contributed by atoms with Crippen LogP contribution in [-0.2, 0) is 0 Å². The lowest BCUT2D eigenvalue weighted by Crippen LogP contribution is -2.53. The summed E-state index contributed by atoms with van der Waals surface area (Å²) in [4.78, 5) is 20.5.